The second-order valence-corrected chi connectivity index (χ2v) is 8.09. The fraction of sp³-hybridized carbons (Fsp3) is 0.0588. The number of fused-ring (bicyclic) bond motifs is 2. The molecule has 4 rings (SSSR count). The Morgan fingerprint density at radius 3 is 2.83 bits per heavy atom. The number of hydrogen-bond acceptors (Lipinski definition) is 3. The molecule has 0 aliphatic carbocycles. The smallest absolute Gasteiger partial charge is 0.275 e. The van der Waals surface area contributed by atoms with Crippen molar-refractivity contribution in [1.82, 2.24) is 13.5 Å². The fourth-order valence-corrected chi connectivity index (χ4v) is 4.55. The van der Waals surface area contributed by atoms with Crippen molar-refractivity contribution in [3.8, 4) is 11.3 Å². The summed E-state index contributed by atoms with van der Waals surface area (Å²) >= 11 is 5.66. The Kier molecular flexibility index (Phi) is 4.17. The van der Waals surface area contributed by atoms with Gasteiger partial charge in [0, 0.05) is 70.6 Å². The van der Waals surface area contributed by atoms with Crippen LogP contribution < -0.4 is 5.56 Å². The van der Waals surface area contributed by atoms with Gasteiger partial charge in [0.05, 0.1) is 11.2 Å². The van der Waals surface area contributed by atoms with E-state index < -0.39 is 0 Å². The lowest BCUT2D eigenvalue weighted by molar-refractivity contribution is 0.870. The fourth-order valence-electron chi connectivity index (χ4n) is 2.84. The van der Waals surface area contributed by atoms with Gasteiger partial charge >= 0.3 is 0 Å². The molecule has 4 nitrogen and oxygen atoms in total. The van der Waals surface area contributed by atoms with Gasteiger partial charge in [0.15, 0.2) is 0 Å². The van der Waals surface area contributed by atoms with E-state index in [-0.39, 0.29) is 5.56 Å². The van der Waals surface area contributed by atoms with Gasteiger partial charge in [0.1, 0.15) is 5.52 Å². The van der Waals surface area contributed by atoms with Gasteiger partial charge in [-0.15, -0.1) is 0 Å². The number of aromatic nitrogens is 3. The summed E-state index contributed by atoms with van der Waals surface area (Å²) in [7, 11) is 3.26. The zero-order valence-corrected chi connectivity index (χ0v) is 17.1. The molecule has 0 unspecified atom stereocenters. The van der Waals surface area contributed by atoms with Crippen molar-refractivity contribution in [2.45, 2.75) is 0 Å². The van der Waals surface area contributed by atoms with Crippen molar-refractivity contribution in [2.75, 3.05) is 0 Å². The zero-order valence-electron chi connectivity index (χ0n) is 12.5. The summed E-state index contributed by atoms with van der Waals surface area (Å²) in [6.45, 7) is 0. The van der Waals surface area contributed by atoms with E-state index in [4.69, 9.17) is 4.98 Å². The normalized spacial score (nSPS) is 11.5. The maximum Gasteiger partial charge on any atom is 0.275 e. The SMILES string of the molecule is Cn1cc(-c2ccc3cc(Br)ccc3n2)c2ccn(SI)c2c1=O. The summed E-state index contributed by atoms with van der Waals surface area (Å²) < 4.78 is 4.54. The van der Waals surface area contributed by atoms with Crippen molar-refractivity contribution in [2.24, 2.45) is 7.05 Å². The van der Waals surface area contributed by atoms with E-state index in [9.17, 15) is 4.79 Å². The van der Waals surface area contributed by atoms with Crippen LogP contribution in [0.25, 0.3) is 33.1 Å². The molecule has 0 N–H and O–H groups in total. The first kappa shape index (κ1) is 16.2. The molecular weight excluding hydrogens is 501 g/mol. The number of hydrogen-bond donors (Lipinski definition) is 0. The lowest BCUT2D eigenvalue weighted by atomic mass is 10.1. The maximum absolute atomic E-state index is 12.5. The second kappa shape index (κ2) is 6.20. The van der Waals surface area contributed by atoms with Crippen LogP contribution in [0.1, 0.15) is 0 Å². The van der Waals surface area contributed by atoms with E-state index in [2.05, 4.69) is 43.2 Å². The third kappa shape index (κ3) is 2.58. The predicted octanol–water partition coefficient (Wildman–Crippen LogP) is 5.16. The number of aryl methyl sites for hydroxylation is 1. The lowest BCUT2D eigenvalue weighted by Gasteiger charge is -2.08. The summed E-state index contributed by atoms with van der Waals surface area (Å²) in [4.78, 5) is 17.3. The van der Waals surface area contributed by atoms with E-state index >= 15 is 0 Å². The van der Waals surface area contributed by atoms with Crippen LogP contribution in [-0.2, 0) is 7.05 Å². The number of nitrogens with zero attached hydrogens (tertiary/aromatic N) is 3. The molecule has 0 aliphatic heterocycles. The van der Waals surface area contributed by atoms with E-state index in [1.54, 1.807) is 11.6 Å². The third-order valence-corrected chi connectivity index (χ3v) is 6.21. The summed E-state index contributed by atoms with van der Waals surface area (Å²) in [5, 5.41) is 2.00. The van der Waals surface area contributed by atoms with Gasteiger partial charge in [0.2, 0.25) is 0 Å². The second-order valence-electron chi connectivity index (χ2n) is 5.47. The first-order valence-corrected chi connectivity index (χ1v) is 11.3. The van der Waals surface area contributed by atoms with E-state index in [0.29, 0.717) is 5.52 Å². The van der Waals surface area contributed by atoms with E-state index in [0.717, 1.165) is 32.0 Å². The number of benzene rings is 1. The summed E-state index contributed by atoms with van der Waals surface area (Å²) in [5.41, 5.74) is 3.43. The zero-order chi connectivity index (χ0) is 16.8. The molecule has 0 atom stereocenters. The van der Waals surface area contributed by atoms with Gasteiger partial charge in [-0.3, -0.25) is 8.77 Å². The maximum atomic E-state index is 12.5. The molecule has 3 aromatic heterocycles. The Labute approximate surface area is 162 Å². The Hall–Kier alpha value is -1.32. The summed E-state index contributed by atoms with van der Waals surface area (Å²) in [6.07, 6.45) is 3.78. The van der Waals surface area contributed by atoms with Gasteiger partial charge in [0.25, 0.3) is 5.56 Å². The van der Waals surface area contributed by atoms with Crippen LogP contribution in [-0.4, -0.2) is 13.5 Å². The Morgan fingerprint density at radius 2 is 2.04 bits per heavy atom. The van der Waals surface area contributed by atoms with Crippen LogP contribution in [0.3, 0.4) is 0 Å². The molecule has 0 saturated heterocycles. The van der Waals surface area contributed by atoms with E-state index in [1.165, 1.54) is 9.12 Å². The Bertz CT molecular complexity index is 1150. The molecular formula is C17H11BrIN3OS. The van der Waals surface area contributed by atoms with Crippen molar-refractivity contribution >= 4 is 68.1 Å². The van der Waals surface area contributed by atoms with Crippen LogP contribution in [0.2, 0.25) is 0 Å². The first-order chi connectivity index (χ1) is 11.6. The van der Waals surface area contributed by atoms with Gasteiger partial charge in [-0.25, -0.2) is 4.98 Å². The predicted molar refractivity (Wildman–Crippen MR) is 113 cm³/mol. The van der Waals surface area contributed by atoms with Gasteiger partial charge < -0.3 is 4.57 Å². The van der Waals surface area contributed by atoms with Crippen molar-refractivity contribution in [3.63, 3.8) is 0 Å². The summed E-state index contributed by atoms with van der Waals surface area (Å²) in [5.74, 6) is 0. The van der Waals surface area contributed by atoms with Crippen molar-refractivity contribution < 1.29 is 0 Å². The van der Waals surface area contributed by atoms with Crippen LogP contribution in [0, 0.1) is 0 Å². The molecule has 0 radical (unpaired) electrons. The monoisotopic (exact) mass is 511 g/mol. The molecule has 0 aliphatic rings. The lowest BCUT2D eigenvalue weighted by Crippen LogP contribution is -2.17. The molecule has 1 aromatic carbocycles. The molecule has 7 heteroatoms. The quantitative estimate of drug-likeness (QED) is 0.349. The molecule has 4 aromatic rings. The first-order valence-electron chi connectivity index (χ1n) is 7.15. The molecule has 120 valence electrons. The van der Waals surface area contributed by atoms with Crippen LogP contribution in [0.15, 0.2) is 58.1 Å². The van der Waals surface area contributed by atoms with Crippen LogP contribution in [0.4, 0.5) is 0 Å². The number of pyridine rings is 2. The van der Waals surface area contributed by atoms with Crippen molar-refractivity contribution in [3.05, 3.63) is 63.6 Å². The molecule has 24 heavy (non-hydrogen) atoms. The summed E-state index contributed by atoms with van der Waals surface area (Å²) in [6, 6.07) is 12.1. The minimum absolute atomic E-state index is 0.00682. The van der Waals surface area contributed by atoms with E-state index in [1.807, 2.05) is 46.7 Å². The van der Waals surface area contributed by atoms with Crippen LogP contribution >= 0.6 is 46.3 Å². The van der Waals surface area contributed by atoms with Gasteiger partial charge in [-0.05, 0) is 30.3 Å². The third-order valence-electron chi connectivity index (χ3n) is 3.99. The standard InChI is InChI=1S/C17H11BrIN3OS/c1-21-9-13(12-6-7-22(24-19)16(12)17(21)23)15-4-2-10-8-11(18)3-5-14(10)20-15/h2-9H,1H3. The number of rotatable bonds is 2. The molecule has 0 bridgehead atoms. The van der Waals surface area contributed by atoms with Gasteiger partial charge in [-0.2, -0.15) is 0 Å². The van der Waals surface area contributed by atoms with Crippen LogP contribution in [0.5, 0.6) is 0 Å². The van der Waals surface area contributed by atoms with Crippen molar-refractivity contribution in [1.29, 1.82) is 0 Å². The minimum atomic E-state index is -0.00682. The average molecular weight is 512 g/mol. The average Bonchev–Trinajstić information content (AvgIpc) is 3.02. The Morgan fingerprint density at radius 1 is 1.21 bits per heavy atom. The molecule has 3 heterocycles. The van der Waals surface area contributed by atoms with Gasteiger partial charge in [-0.1, -0.05) is 22.0 Å². The number of halogens is 2. The molecule has 0 fully saturated rings. The molecule has 0 spiro atoms. The Balaban J connectivity index is 2.03. The minimum Gasteiger partial charge on any atom is -0.316 e. The topological polar surface area (TPSA) is 39.8 Å². The highest BCUT2D eigenvalue weighted by atomic mass is 127. The highest BCUT2D eigenvalue weighted by Crippen LogP contribution is 2.31. The molecule has 0 saturated carbocycles. The highest BCUT2D eigenvalue weighted by molar-refractivity contribution is 14.2. The highest BCUT2D eigenvalue weighted by Gasteiger charge is 2.14. The largest absolute Gasteiger partial charge is 0.316 e. The molecule has 0 amide bonds.